The van der Waals surface area contributed by atoms with Gasteiger partial charge in [-0.2, -0.15) is 0 Å². The zero-order valence-corrected chi connectivity index (χ0v) is 10.3. The molecule has 0 aliphatic carbocycles. The third-order valence-electron chi connectivity index (χ3n) is 2.27. The number of fused-ring (bicyclic) bond motifs is 1. The predicted octanol–water partition coefficient (Wildman–Crippen LogP) is 2.63. The number of nitrogens with one attached hydrogen (secondary N) is 1. The van der Waals surface area contributed by atoms with Crippen LogP contribution in [0, 0.1) is 10.1 Å². The summed E-state index contributed by atoms with van der Waals surface area (Å²) in [5.41, 5.74) is 0.395. The molecule has 0 aliphatic rings. The molecule has 0 saturated heterocycles. The fourth-order valence-electron chi connectivity index (χ4n) is 1.55. The van der Waals surface area contributed by atoms with Gasteiger partial charge in [-0.1, -0.05) is 15.9 Å². The van der Waals surface area contributed by atoms with Crippen molar-refractivity contribution in [2.24, 2.45) is 0 Å². The first-order valence-corrected chi connectivity index (χ1v) is 5.37. The SMILES string of the molecule is COC(=O)c1cc2cc(Br)cc([N+](=O)[O-])c2[nH]1. The van der Waals surface area contributed by atoms with Gasteiger partial charge in [0.15, 0.2) is 0 Å². The maximum Gasteiger partial charge on any atom is 0.354 e. The molecule has 0 spiro atoms. The van der Waals surface area contributed by atoms with Gasteiger partial charge in [0, 0.05) is 15.9 Å². The molecule has 7 heteroatoms. The normalized spacial score (nSPS) is 10.5. The van der Waals surface area contributed by atoms with E-state index in [1.807, 2.05) is 0 Å². The standard InChI is InChI=1S/C10H7BrN2O4/c1-17-10(14)7-3-5-2-6(11)4-8(13(15)16)9(5)12-7/h2-4,12H,1H3. The summed E-state index contributed by atoms with van der Waals surface area (Å²) >= 11 is 3.18. The molecule has 1 heterocycles. The summed E-state index contributed by atoms with van der Waals surface area (Å²) in [5.74, 6) is -0.563. The fraction of sp³-hybridized carbons (Fsp3) is 0.100. The molecule has 1 aromatic heterocycles. The number of non-ortho nitro benzene ring substituents is 1. The third kappa shape index (κ3) is 2.01. The highest BCUT2D eigenvalue weighted by atomic mass is 79.9. The number of nitro benzene ring substituents is 1. The minimum atomic E-state index is -0.563. The summed E-state index contributed by atoms with van der Waals surface area (Å²) < 4.78 is 5.12. The molecule has 0 amide bonds. The Bertz CT molecular complexity index is 620. The molecule has 0 radical (unpaired) electrons. The molecule has 1 aromatic carbocycles. The second-order valence-corrected chi connectivity index (χ2v) is 4.24. The van der Waals surface area contributed by atoms with E-state index in [0.717, 1.165) is 0 Å². The number of nitro groups is 1. The molecule has 88 valence electrons. The van der Waals surface area contributed by atoms with Crippen molar-refractivity contribution in [1.29, 1.82) is 0 Å². The zero-order valence-electron chi connectivity index (χ0n) is 8.69. The van der Waals surface area contributed by atoms with E-state index in [-0.39, 0.29) is 11.4 Å². The topological polar surface area (TPSA) is 85.2 Å². The first-order valence-electron chi connectivity index (χ1n) is 4.58. The Morgan fingerprint density at radius 3 is 2.76 bits per heavy atom. The Kier molecular flexibility index (Phi) is 2.84. The van der Waals surface area contributed by atoms with Crippen LogP contribution in [-0.2, 0) is 4.74 Å². The van der Waals surface area contributed by atoms with Gasteiger partial charge >= 0.3 is 5.97 Å². The van der Waals surface area contributed by atoms with E-state index >= 15 is 0 Å². The number of hydrogen-bond acceptors (Lipinski definition) is 4. The first-order chi connectivity index (χ1) is 8.02. The quantitative estimate of drug-likeness (QED) is 0.524. The molecule has 2 aromatic rings. The van der Waals surface area contributed by atoms with Gasteiger partial charge in [-0.25, -0.2) is 4.79 Å². The highest BCUT2D eigenvalue weighted by Gasteiger charge is 2.18. The van der Waals surface area contributed by atoms with E-state index < -0.39 is 10.9 Å². The molecule has 0 saturated carbocycles. The summed E-state index contributed by atoms with van der Waals surface area (Å²) in [7, 11) is 1.25. The average molecular weight is 299 g/mol. The van der Waals surface area contributed by atoms with Gasteiger partial charge in [0.05, 0.1) is 12.0 Å². The highest BCUT2D eigenvalue weighted by molar-refractivity contribution is 9.10. The second-order valence-electron chi connectivity index (χ2n) is 3.32. The highest BCUT2D eigenvalue weighted by Crippen LogP contribution is 2.30. The number of benzene rings is 1. The summed E-state index contributed by atoms with van der Waals surface area (Å²) in [4.78, 5) is 24.4. The summed E-state index contributed by atoms with van der Waals surface area (Å²) in [6.07, 6.45) is 0. The third-order valence-corrected chi connectivity index (χ3v) is 2.73. The summed E-state index contributed by atoms with van der Waals surface area (Å²) in [6, 6.07) is 4.57. The zero-order chi connectivity index (χ0) is 12.6. The smallest absolute Gasteiger partial charge is 0.354 e. The molecule has 6 nitrogen and oxygen atoms in total. The van der Waals surface area contributed by atoms with Gasteiger partial charge in [0.25, 0.3) is 5.69 Å². The number of aromatic nitrogens is 1. The predicted molar refractivity (Wildman–Crippen MR) is 64.0 cm³/mol. The van der Waals surface area contributed by atoms with Crippen molar-refractivity contribution in [1.82, 2.24) is 4.98 Å². The molecule has 0 atom stereocenters. The Labute approximate surface area is 104 Å². The number of methoxy groups -OCH3 is 1. The molecule has 17 heavy (non-hydrogen) atoms. The lowest BCUT2D eigenvalue weighted by molar-refractivity contribution is -0.383. The summed E-state index contributed by atoms with van der Waals surface area (Å²) in [6.45, 7) is 0. The van der Waals surface area contributed by atoms with Crippen molar-refractivity contribution in [3.8, 4) is 0 Å². The van der Waals surface area contributed by atoms with Crippen LogP contribution in [0.3, 0.4) is 0 Å². The average Bonchev–Trinajstić information content (AvgIpc) is 2.69. The molecule has 2 rings (SSSR count). The van der Waals surface area contributed by atoms with Gasteiger partial charge in [-0.3, -0.25) is 10.1 Å². The Hall–Kier alpha value is -1.89. The van der Waals surface area contributed by atoms with Gasteiger partial charge < -0.3 is 9.72 Å². The van der Waals surface area contributed by atoms with Crippen LogP contribution in [0.1, 0.15) is 10.5 Å². The maximum absolute atomic E-state index is 11.3. The Morgan fingerprint density at radius 2 is 2.18 bits per heavy atom. The molecule has 0 bridgehead atoms. The number of ether oxygens (including phenoxy) is 1. The first kappa shape index (κ1) is 11.6. The lowest BCUT2D eigenvalue weighted by atomic mass is 10.2. The largest absolute Gasteiger partial charge is 0.464 e. The Morgan fingerprint density at radius 1 is 1.47 bits per heavy atom. The fourth-order valence-corrected chi connectivity index (χ4v) is 2.02. The number of rotatable bonds is 2. The van der Waals surface area contributed by atoms with Crippen LogP contribution in [0.4, 0.5) is 5.69 Å². The van der Waals surface area contributed by atoms with Crippen LogP contribution in [0.15, 0.2) is 22.7 Å². The number of aromatic amines is 1. The van der Waals surface area contributed by atoms with E-state index in [0.29, 0.717) is 15.4 Å². The van der Waals surface area contributed by atoms with Crippen molar-refractivity contribution in [2.75, 3.05) is 7.11 Å². The minimum absolute atomic E-state index is 0.0930. The summed E-state index contributed by atoms with van der Waals surface area (Å²) in [5, 5.41) is 11.4. The molecule has 1 N–H and O–H groups in total. The monoisotopic (exact) mass is 298 g/mol. The second kappa shape index (κ2) is 4.17. The van der Waals surface area contributed by atoms with E-state index in [2.05, 4.69) is 25.7 Å². The van der Waals surface area contributed by atoms with Crippen molar-refractivity contribution in [2.45, 2.75) is 0 Å². The van der Waals surface area contributed by atoms with Crippen LogP contribution in [0.5, 0.6) is 0 Å². The Balaban J connectivity index is 2.71. The number of halogens is 1. The lowest BCUT2D eigenvalue weighted by Gasteiger charge is -1.95. The van der Waals surface area contributed by atoms with Gasteiger partial charge in [-0.05, 0) is 12.1 Å². The van der Waals surface area contributed by atoms with Crippen LogP contribution in [0.2, 0.25) is 0 Å². The molecule has 0 unspecified atom stereocenters. The van der Waals surface area contributed by atoms with Crippen LogP contribution < -0.4 is 0 Å². The number of hydrogen-bond donors (Lipinski definition) is 1. The number of carbonyl (C=O) groups excluding carboxylic acids is 1. The number of carbonyl (C=O) groups is 1. The number of esters is 1. The maximum atomic E-state index is 11.3. The van der Waals surface area contributed by atoms with E-state index in [4.69, 9.17) is 0 Å². The van der Waals surface area contributed by atoms with Crippen LogP contribution in [0.25, 0.3) is 10.9 Å². The number of H-pyrrole nitrogens is 1. The molecular formula is C10H7BrN2O4. The van der Waals surface area contributed by atoms with Crippen LogP contribution >= 0.6 is 15.9 Å². The minimum Gasteiger partial charge on any atom is -0.464 e. The van der Waals surface area contributed by atoms with Crippen LogP contribution in [-0.4, -0.2) is 23.0 Å². The molecule has 0 aliphatic heterocycles. The van der Waals surface area contributed by atoms with Gasteiger partial charge in [0.2, 0.25) is 0 Å². The molecular weight excluding hydrogens is 292 g/mol. The van der Waals surface area contributed by atoms with Crippen molar-refractivity contribution in [3.63, 3.8) is 0 Å². The molecule has 0 fully saturated rings. The van der Waals surface area contributed by atoms with E-state index in [1.165, 1.54) is 19.2 Å². The van der Waals surface area contributed by atoms with Gasteiger partial charge in [-0.15, -0.1) is 0 Å². The van der Waals surface area contributed by atoms with E-state index in [9.17, 15) is 14.9 Å². The van der Waals surface area contributed by atoms with Crippen molar-refractivity contribution in [3.05, 3.63) is 38.5 Å². The lowest BCUT2D eigenvalue weighted by Crippen LogP contribution is -2.00. The van der Waals surface area contributed by atoms with Crippen molar-refractivity contribution < 1.29 is 14.5 Å². The number of nitrogens with zero attached hydrogens (tertiary/aromatic N) is 1. The van der Waals surface area contributed by atoms with Crippen molar-refractivity contribution >= 4 is 38.5 Å². The van der Waals surface area contributed by atoms with E-state index in [1.54, 1.807) is 6.07 Å². The van der Waals surface area contributed by atoms with Gasteiger partial charge in [0.1, 0.15) is 11.2 Å².